The van der Waals surface area contributed by atoms with Crippen LogP contribution in [-0.2, 0) is 16.1 Å². The van der Waals surface area contributed by atoms with Gasteiger partial charge in [0.2, 0.25) is 0 Å². The van der Waals surface area contributed by atoms with Crippen LogP contribution in [0.5, 0.6) is 0 Å². The second-order valence-corrected chi connectivity index (χ2v) is 6.41. The Labute approximate surface area is 135 Å². The summed E-state index contributed by atoms with van der Waals surface area (Å²) in [6, 6.07) is 10.0. The zero-order valence-corrected chi connectivity index (χ0v) is 13.0. The van der Waals surface area contributed by atoms with E-state index in [9.17, 15) is 9.59 Å². The van der Waals surface area contributed by atoms with Crippen LogP contribution in [0.4, 0.5) is 4.79 Å². The van der Waals surface area contributed by atoms with Crippen LogP contribution in [0, 0.1) is 5.92 Å². The molecule has 1 saturated heterocycles. The molecule has 3 rings (SSSR count). The van der Waals surface area contributed by atoms with Gasteiger partial charge in [0.15, 0.2) is 0 Å². The van der Waals surface area contributed by atoms with Crippen LogP contribution >= 0.6 is 0 Å². The Morgan fingerprint density at radius 3 is 2.57 bits per heavy atom. The average Bonchev–Trinajstić information content (AvgIpc) is 2.44. The van der Waals surface area contributed by atoms with Gasteiger partial charge in [0.25, 0.3) is 0 Å². The summed E-state index contributed by atoms with van der Waals surface area (Å²) in [7, 11) is 0. The summed E-state index contributed by atoms with van der Waals surface area (Å²) in [5.41, 5.74) is 1.13. The van der Waals surface area contributed by atoms with E-state index in [1.807, 2.05) is 30.3 Å². The van der Waals surface area contributed by atoms with E-state index in [0.29, 0.717) is 19.7 Å². The number of carbonyl (C=O) groups is 2. The van der Waals surface area contributed by atoms with E-state index in [1.165, 1.54) is 0 Å². The number of carboxylic acid groups (broad SMARTS) is 1. The first-order chi connectivity index (χ1) is 11.1. The van der Waals surface area contributed by atoms with Gasteiger partial charge in [-0.15, -0.1) is 0 Å². The summed E-state index contributed by atoms with van der Waals surface area (Å²) in [6.07, 6.45) is 1.83. The second-order valence-electron chi connectivity index (χ2n) is 6.41. The van der Waals surface area contributed by atoms with Gasteiger partial charge in [0.05, 0.1) is 25.8 Å². The van der Waals surface area contributed by atoms with Gasteiger partial charge in [-0.3, -0.25) is 4.79 Å². The minimum absolute atomic E-state index is 0.0664. The van der Waals surface area contributed by atoms with E-state index in [4.69, 9.17) is 9.84 Å². The van der Waals surface area contributed by atoms with E-state index < -0.39 is 5.97 Å². The molecule has 23 heavy (non-hydrogen) atoms. The van der Waals surface area contributed by atoms with Gasteiger partial charge in [0, 0.05) is 12.5 Å². The molecule has 0 unspecified atom stereocenters. The molecule has 0 radical (unpaired) electrons. The molecule has 1 aromatic carbocycles. The molecule has 6 nitrogen and oxygen atoms in total. The lowest BCUT2D eigenvalue weighted by atomic mass is 9.78. The summed E-state index contributed by atoms with van der Waals surface area (Å²) < 4.78 is 5.76. The molecule has 0 atom stereocenters. The molecule has 6 heteroatoms. The molecule has 0 aromatic heterocycles. The number of amides is 2. The number of rotatable bonds is 6. The highest BCUT2D eigenvalue weighted by Gasteiger charge is 2.36. The van der Waals surface area contributed by atoms with Crippen LogP contribution in [0.1, 0.15) is 24.8 Å². The first-order valence-corrected chi connectivity index (χ1v) is 8.03. The van der Waals surface area contributed by atoms with E-state index in [-0.39, 0.29) is 30.5 Å². The molecule has 2 aliphatic rings. The molecule has 0 spiro atoms. The number of ether oxygens (including phenoxy) is 1. The molecule has 124 valence electrons. The number of hydrogen-bond acceptors (Lipinski definition) is 3. The van der Waals surface area contributed by atoms with Gasteiger partial charge in [-0.25, -0.2) is 4.79 Å². The Kier molecular flexibility index (Phi) is 4.81. The van der Waals surface area contributed by atoms with Gasteiger partial charge in [-0.1, -0.05) is 30.3 Å². The van der Waals surface area contributed by atoms with E-state index in [1.54, 1.807) is 4.90 Å². The van der Waals surface area contributed by atoms with Crippen LogP contribution in [0.25, 0.3) is 0 Å². The highest BCUT2D eigenvalue weighted by molar-refractivity contribution is 5.75. The number of nitrogens with zero attached hydrogens (tertiary/aromatic N) is 1. The molecule has 1 aromatic rings. The molecule has 0 bridgehead atoms. The molecule has 2 amide bonds. The predicted molar refractivity (Wildman–Crippen MR) is 83.9 cm³/mol. The first kappa shape index (κ1) is 15.8. The molecule has 1 heterocycles. The topological polar surface area (TPSA) is 78.9 Å². The largest absolute Gasteiger partial charge is 0.481 e. The van der Waals surface area contributed by atoms with Crippen molar-refractivity contribution in [2.24, 2.45) is 5.92 Å². The molecule has 1 aliphatic carbocycles. The van der Waals surface area contributed by atoms with Crippen LogP contribution in [-0.4, -0.2) is 47.2 Å². The van der Waals surface area contributed by atoms with Crippen molar-refractivity contribution in [3.8, 4) is 0 Å². The lowest BCUT2D eigenvalue weighted by Crippen LogP contribution is -2.60. The third kappa shape index (κ3) is 4.22. The van der Waals surface area contributed by atoms with Crippen molar-refractivity contribution < 1.29 is 19.4 Å². The van der Waals surface area contributed by atoms with Crippen molar-refractivity contribution in [2.75, 3.05) is 13.1 Å². The normalized spacial score (nSPS) is 23.7. The van der Waals surface area contributed by atoms with E-state index >= 15 is 0 Å². The molecule has 1 saturated carbocycles. The SMILES string of the molecule is O=C(O)CC1CC(NC(=O)N2CC(OCc3ccccc3)C2)C1. The Morgan fingerprint density at radius 2 is 1.91 bits per heavy atom. The first-order valence-electron chi connectivity index (χ1n) is 8.03. The van der Waals surface area contributed by atoms with Crippen molar-refractivity contribution in [1.82, 2.24) is 10.2 Å². The number of likely N-dealkylation sites (tertiary alicyclic amines) is 1. The fourth-order valence-electron chi connectivity index (χ4n) is 3.03. The summed E-state index contributed by atoms with van der Waals surface area (Å²) in [5.74, 6) is -0.558. The van der Waals surface area contributed by atoms with Gasteiger partial charge in [-0.05, 0) is 24.3 Å². The molecule has 2 N–H and O–H groups in total. The number of carboxylic acids is 1. The third-order valence-electron chi connectivity index (χ3n) is 4.49. The van der Waals surface area contributed by atoms with E-state index in [0.717, 1.165) is 18.4 Å². The van der Waals surface area contributed by atoms with Gasteiger partial charge in [0.1, 0.15) is 0 Å². The lowest BCUT2D eigenvalue weighted by molar-refractivity contribution is -0.138. The molecular formula is C17H22N2O4. The van der Waals surface area contributed by atoms with Crippen LogP contribution in [0.3, 0.4) is 0 Å². The zero-order valence-electron chi connectivity index (χ0n) is 13.0. The maximum atomic E-state index is 12.0. The number of carbonyl (C=O) groups excluding carboxylic acids is 1. The van der Waals surface area contributed by atoms with Crippen molar-refractivity contribution in [3.05, 3.63) is 35.9 Å². The number of nitrogens with one attached hydrogen (secondary N) is 1. The number of hydrogen-bond donors (Lipinski definition) is 2. The highest BCUT2D eigenvalue weighted by atomic mass is 16.5. The molecule has 1 aliphatic heterocycles. The van der Waals surface area contributed by atoms with Gasteiger partial charge in [-0.2, -0.15) is 0 Å². The van der Waals surface area contributed by atoms with Crippen molar-refractivity contribution in [1.29, 1.82) is 0 Å². The summed E-state index contributed by atoms with van der Waals surface area (Å²) in [5, 5.41) is 11.7. The maximum Gasteiger partial charge on any atom is 0.317 e. The molecular weight excluding hydrogens is 296 g/mol. The van der Waals surface area contributed by atoms with Crippen LogP contribution < -0.4 is 5.32 Å². The molecule has 2 fully saturated rings. The predicted octanol–water partition coefficient (Wildman–Crippen LogP) is 1.85. The average molecular weight is 318 g/mol. The Hall–Kier alpha value is -2.08. The summed E-state index contributed by atoms with van der Waals surface area (Å²) in [4.78, 5) is 24.3. The standard InChI is InChI=1S/C17H22N2O4/c20-16(21)8-13-6-14(7-13)18-17(22)19-9-15(10-19)23-11-12-4-2-1-3-5-12/h1-5,13-15H,6-11H2,(H,18,22)(H,20,21). The summed E-state index contributed by atoms with van der Waals surface area (Å²) >= 11 is 0. The Morgan fingerprint density at radius 1 is 1.22 bits per heavy atom. The van der Waals surface area contributed by atoms with Crippen LogP contribution in [0.15, 0.2) is 30.3 Å². The minimum Gasteiger partial charge on any atom is -0.481 e. The smallest absolute Gasteiger partial charge is 0.317 e. The minimum atomic E-state index is -0.763. The Balaban J connectivity index is 1.29. The monoisotopic (exact) mass is 318 g/mol. The Bertz CT molecular complexity index is 551. The highest BCUT2D eigenvalue weighted by Crippen LogP contribution is 2.30. The zero-order chi connectivity index (χ0) is 16.2. The third-order valence-corrected chi connectivity index (χ3v) is 4.49. The number of aliphatic carboxylic acids is 1. The summed E-state index contributed by atoms with van der Waals surface area (Å²) in [6.45, 7) is 1.80. The lowest BCUT2D eigenvalue weighted by Gasteiger charge is -2.42. The van der Waals surface area contributed by atoms with Gasteiger partial charge >= 0.3 is 12.0 Å². The fourth-order valence-corrected chi connectivity index (χ4v) is 3.03. The van der Waals surface area contributed by atoms with Crippen molar-refractivity contribution in [3.63, 3.8) is 0 Å². The van der Waals surface area contributed by atoms with Crippen LogP contribution in [0.2, 0.25) is 0 Å². The number of benzene rings is 1. The van der Waals surface area contributed by atoms with Gasteiger partial charge < -0.3 is 20.1 Å². The number of urea groups is 1. The van der Waals surface area contributed by atoms with E-state index in [2.05, 4.69) is 5.32 Å². The van der Waals surface area contributed by atoms with Crippen molar-refractivity contribution >= 4 is 12.0 Å². The maximum absolute atomic E-state index is 12.0. The van der Waals surface area contributed by atoms with Crippen molar-refractivity contribution in [2.45, 2.75) is 38.0 Å². The quantitative estimate of drug-likeness (QED) is 0.839. The second kappa shape index (κ2) is 7.00. The fraction of sp³-hybridized carbons (Fsp3) is 0.529.